The van der Waals surface area contributed by atoms with Crippen LogP contribution >= 0.6 is 0 Å². The highest BCUT2D eigenvalue weighted by molar-refractivity contribution is 5.40. The quantitative estimate of drug-likeness (QED) is 0.754. The van der Waals surface area contributed by atoms with E-state index in [0.717, 1.165) is 12.4 Å². The highest BCUT2D eigenvalue weighted by Gasteiger charge is 2.06. The van der Waals surface area contributed by atoms with Crippen molar-refractivity contribution in [1.82, 2.24) is 4.98 Å². The van der Waals surface area contributed by atoms with Crippen molar-refractivity contribution in [3.63, 3.8) is 0 Å². The summed E-state index contributed by atoms with van der Waals surface area (Å²) in [6.45, 7) is 5.40. The van der Waals surface area contributed by atoms with Gasteiger partial charge in [-0.25, -0.2) is 4.98 Å². The van der Waals surface area contributed by atoms with E-state index in [1.807, 2.05) is 13.1 Å². The zero-order valence-electron chi connectivity index (χ0n) is 9.57. The molecule has 1 heterocycles. The van der Waals surface area contributed by atoms with E-state index in [0.29, 0.717) is 11.5 Å². The molecule has 0 aliphatic rings. The van der Waals surface area contributed by atoms with Crippen LogP contribution in [-0.4, -0.2) is 18.6 Å². The minimum absolute atomic E-state index is 0.607. The van der Waals surface area contributed by atoms with Gasteiger partial charge in [0.25, 0.3) is 0 Å². The fraction of sp³-hybridized carbons (Fsp3) is 0.500. The summed E-state index contributed by atoms with van der Waals surface area (Å²) in [5, 5.41) is 8.65. The van der Waals surface area contributed by atoms with Gasteiger partial charge in [0, 0.05) is 19.8 Å². The second-order valence-electron chi connectivity index (χ2n) is 3.91. The first-order valence-corrected chi connectivity index (χ1v) is 5.24. The molecular weight excluding hydrogens is 186 g/mol. The Bertz CT molecular complexity index is 337. The van der Waals surface area contributed by atoms with Crippen molar-refractivity contribution in [3.8, 4) is 6.07 Å². The van der Waals surface area contributed by atoms with Gasteiger partial charge in [-0.05, 0) is 18.1 Å². The standard InChI is InChI=1S/C12H17N3/c1-4-10(2)9-15(3)12-6-5-11(7-13)8-14-12/h5-6,8,10H,4,9H2,1-3H3. The predicted molar refractivity (Wildman–Crippen MR) is 61.7 cm³/mol. The molecule has 1 unspecified atom stereocenters. The molecule has 1 atom stereocenters. The maximum atomic E-state index is 8.65. The smallest absolute Gasteiger partial charge is 0.128 e. The first-order chi connectivity index (χ1) is 7.17. The summed E-state index contributed by atoms with van der Waals surface area (Å²) >= 11 is 0. The van der Waals surface area contributed by atoms with Gasteiger partial charge in [0.1, 0.15) is 11.9 Å². The van der Waals surface area contributed by atoms with Gasteiger partial charge in [-0.3, -0.25) is 0 Å². The third kappa shape index (κ3) is 3.25. The topological polar surface area (TPSA) is 39.9 Å². The average Bonchev–Trinajstić information content (AvgIpc) is 2.29. The number of nitriles is 1. The Labute approximate surface area is 91.4 Å². The molecule has 80 valence electrons. The van der Waals surface area contributed by atoms with Crippen LogP contribution in [0.25, 0.3) is 0 Å². The fourth-order valence-corrected chi connectivity index (χ4v) is 1.37. The van der Waals surface area contributed by atoms with Crippen LogP contribution < -0.4 is 4.90 Å². The zero-order chi connectivity index (χ0) is 11.3. The molecule has 15 heavy (non-hydrogen) atoms. The minimum Gasteiger partial charge on any atom is -0.359 e. The van der Waals surface area contributed by atoms with Crippen LogP contribution in [0.1, 0.15) is 25.8 Å². The molecule has 3 nitrogen and oxygen atoms in total. The van der Waals surface area contributed by atoms with Gasteiger partial charge in [-0.1, -0.05) is 20.3 Å². The van der Waals surface area contributed by atoms with Crippen LogP contribution in [0.5, 0.6) is 0 Å². The van der Waals surface area contributed by atoms with E-state index >= 15 is 0 Å². The van der Waals surface area contributed by atoms with Crippen LogP contribution in [0.3, 0.4) is 0 Å². The second kappa shape index (κ2) is 5.35. The van der Waals surface area contributed by atoms with Gasteiger partial charge >= 0.3 is 0 Å². The van der Waals surface area contributed by atoms with Gasteiger partial charge in [-0.15, -0.1) is 0 Å². The van der Waals surface area contributed by atoms with E-state index < -0.39 is 0 Å². The van der Waals surface area contributed by atoms with Crippen molar-refractivity contribution in [2.45, 2.75) is 20.3 Å². The van der Waals surface area contributed by atoms with Crippen LogP contribution in [0.15, 0.2) is 18.3 Å². The van der Waals surface area contributed by atoms with E-state index in [-0.39, 0.29) is 0 Å². The Morgan fingerprint density at radius 1 is 1.53 bits per heavy atom. The Morgan fingerprint density at radius 3 is 2.73 bits per heavy atom. The van der Waals surface area contributed by atoms with Crippen molar-refractivity contribution in [2.75, 3.05) is 18.5 Å². The SMILES string of the molecule is CCC(C)CN(C)c1ccc(C#N)cn1. The van der Waals surface area contributed by atoms with Crippen molar-refractivity contribution in [3.05, 3.63) is 23.9 Å². The monoisotopic (exact) mass is 203 g/mol. The van der Waals surface area contributed by atoms with Crippen LogP contribution in [-0.2, 0) is 0 Å². The molecule has 1 aromatic rings. The summed E-state index contributed by atoms with van der Waals surface area (Å²) in [5.74, 6) is 1.58. The third-order valence-corrected chi connectivity index (χ3v) is 2.55. The normalized spacial score (nSPS) is 11.9. The van der Waals surface area contributed by atoms with Gasteiger partial charge in [0.15, 0.2) is 0 Å². The Balaban J connectivity index is 2.66. The lowest BCUT2D eigenvalue weighted by Gasteiger charge is -2.21. The molecule has 3 heteroatoms. The highest BCUT2D eigenvalue weighted by Crippen LogP contribution is 2.12. The number of anilines is 1. The lowest BCUT2D eigenvalue weighted by atomic mass is 10.1. The summed E-state index contributed by atoms with van der Waals surface area (Å²) in [6.07, 6.45) is 2.78. The van der Waals surface area contributed by atoms with Gasteiger partial charge in [0.2, 0.25) is 0 Å². The maximum absolute atomic E-state index is 8.65. The van der Waals surface area contributed by atoms with Crippen molar-refractivity contribution >= 4 is 5.82 Å². The van der Waals surface area contributed by atoms with Crippen molar-refractivity contribution in [1.29, 1.82) is 5.26 Å². The fourth-order valence-electron chi connectivity index (χ4n) is 1.37. The summed E-state index contributed by atoms with van der Waals surface area (Å²) < 4.78 is 0. The van der Waals surface area contributed by atoms with Gasteiger partial charge < -0.3 is 4.90 Å². The summed E-state index contributed by atoms with van der Waals surface area (Å²) in [4.78, 5) is 6.36. The number of pyridine rings is 1. The molecular formula is C12H17N3. The zero-order valence-corrected chi connectivity index (χ0v) is 9.57. The second-order valence-corrected chi connectivity index (χ2v) is 3.91. The molecule has 0 saturated heterocycles. The van der Waals surface area contributed by atoms with Gasteiger partial charge in [-0.2, -0.15) is 5.26 Å². The van der Waals surface area contributed by atoms with Crippen molar-refractivity contribution in [2.24, 2.45) is 5.92 Å². The Hall–Kier alpha value is -1.56. The Kier molecular flexibility index (Phi) is 4.11. The van der Waals surface area contributed by atoms with E-state index in [9.17, 15) is 0 Å². The summed E-state index contributed by atoms with van der Waals surface area (Å²) in [6, 6.07) is 5.75. The van der Waals surface area contributed by atoms with E-state index in [2.05, 4.69) is 29.8 Å². The maximum Gasteiger partial charge on any atom is 0.128 e. The Morgan fingerprint density at radius 2 is 2.27 bits per heavy atom. The molecule has 0 N–H and O–H groups in total. The number of hydrogen-bond donors (Lipinski definition) is 0. The minimum atomic E-state index is 0.607. The molecule has 0 amide bonds. The van der Waals surface area contributed by atoms with E-state index in [1.165, 1.54) is 6.42 Å². The first-order valence-electron chi connectivity index (χ1n) is 5.24. The molecule has 0 bridgehead atoms. The lowest BCUT2D eigenvalue weighted by Crippen LogP contribution is -2.24. The molecule has 0 aliphatic heterocycles. The molecule has 0 radical (unpaired) electrons. The van der Waals surface area contributed by atoms with Crippen LogP contribution in [0.2, 0.25) is 0 Å². The largest absolute Gasteiger partial charge is 0.359 e. The highest BCUT2D eigenvalue weighted by atomic mass is 15.2. The van der Waals surface area contributed by atoms with Gasteiger partial charge in [0.05, 0.1) is 5.56 Å². The van der Waals surface area contributed by atoms with E-state index in [1.54, 1.807) is 12.3 Å². The molecule has 0 aromatic carbocycles. The number of hydrogen-bond acceptors (Lipinski definition) is 3. The van der Waals surface area contributed by atoms with Crippen LogP contribution in [0.4, 0.5) is 5.82 Å². The average molecular weight is 203 g/mol. The molecule has 1 aromatic heterocycles. The molecule has 0 aliphatic carbocycles. The molecule has 0 fully saturated rings. The van der Waals surface area contributed by atoms with E-state index in [4.69, 9.17) is 5.26 Å². The summed E-state index contributed by atoms with van der Waals surface area (Å²) in [5.41, 5.74) is 0.607. The lowest BCUT2D eigenvalue weighted by molar-refractivity contribution is 0.558. The number of aromatic nitrogens is 1. The third-order valence-electron chi connectivity index (χ3n) is 2.55. The predicted octanol–water partition coefficient (Wildman–Crippen LogP) is 2.44. The molecule has 1 rings (SSSR count). The summed E-state index contributed by atoms with van der Waals surface area (Å²) in [7, 11) is 2.03. The number of nitrogens with zero attached hydrogens (tertiary/aromatic N) is 3. The van der Waals surface area contributed by atoms with Crippen LogP contribution in [0, 0.1) is 17.2 Å². The molecule has 0 saturated carbocycles. The first kappa shape index (κ1) is 11.5. The van der Waals surface area contributed by atoms with Crippen molar-refractivity contribution < 1.29 is 0 Å². The molecule has 0 spiro atoms. The number of rotatable bonds is 4.